The summed E-state index contributed by atoms with van der Waals surface area (Å²) in [4.78, 5) is 14.4. The molecular formula is C17H26BrClN2O2. The molecule has 1 aromatic carbocycles. The van der Waals surface area contributed by atoms with Gasteiger partial charge in [0.2, 0.25) is 0 Å². The minimum Gasteiger partial charge on any atom is -0.480 e. The molecule has 2 rings (SSSR count). The van der Waals surface area contributed by atoms with Crippen molar-refractivity contribution in [3.63, 3.8) is 0 Å². The van der Waals surface area contributed by atoms with E-state index in [1.165, 1.54) is 6.42 Å². The monoisotopic (exact) mass is 404 g/mol. The Labute approximate surface area is 153 Å². The first-order chi connectivity index (χ1) is 10.6. The summed E-state index contributed by atoms with van der Waals surface area (Å²) >= 11 is 3.45. The highest BCUT2D eigenvalue weighted by atomic mass is 79.9. The second-order valence-electron chi connectivity index (χ2n) is 5.85. The molecule has 0 bridgehead atoms. The van der Waals surface area contributed by atoms with E-state index in [9.17, 15) is 4.79 Å². The zero-order valence-electron chi connectivity index (χ0n) is 13.8. The van der Waals surface area contributed by atoms with Crippen molar-refractivity contribution in [2.45, 2.75) is 32.3 Å². The number of benzene rings is 1. The minimum atomic E-state index is -0.451. The largest absolute Gasteiger partial charge is 0.480 e. The number of amides is 1. The average molecular weight is 406 g/mol. The molecule has 1 aromatic rings. The topological polar surface area (TPSA) is 41.6 Å². The van der Waals surface area contributed by atoms with Gasteiger partial charge in [0, 0.05) is 13.1 Å². The number of rotatable bonds is 6. The molecule has 1 aliphatic rings. The van der Waals surface area contributed by atoms with Gasteiger partial charge in [0.05, 0.1) is 4.47 Å². The van der Waals surface area contributed by atoms with Crippen LogP contribution in [0.5, 0.6) is 5.75 Å². The van der Waals surface area contributed by atoms with Crippen molar-refractivity contribution in [3.05, 3.63) is 28.7 Å². The van der Waals surface area contributed by atoms with Crippen molar-refractivity contribution in [1.29, 1.82) is 0 Å². The molecule has 0 aliphatic carbocycles. The first kappa shape index (κ1) is 20.3. The molecule has 0 spiro atoms. The lowest BCUT2D eigenvalue weighted by Gasteiger charge is -2.33. The Kier molecular flexibility index (Phi) is 8.95. The average Bonchev–Trinajstić information content (AvgIpc) is 2.55. The van der Waals surface area contributed by atoms with Gasteiger partial charge >= 0.3 is 0 Å². The number of halogens is 2. The summed E-state index contributed by atoms with van der Waals surface area (Å²) in [5.74, 6) is 1.53. The van der Waals surface area contributed by atoms with E-state index in [4.69, 9.17) is 4.74 Å². The number of piperidine rings is 1. The quantitative estimate of drug-likeness (QED) is 0.788. The van der Waals surface area contributed by atoms with Crippen LogP contribution in [-0.2, 0) is 4.79 Å². The molecule has 1 aliphatic heterocycles. The van der Waals surface area contributed by atoms with Crippen LogP contribution in [-0.4, -0.2) is 43.6 Å². The molecule has 6 heteroatoms. The van der Waals surface area contributed by atoms with E-state index >= 15 is 0 Å². The van der Waals surface area contributed by atoms with Gasteiger partial charge in [-0.25, -0.2) is 0 Å². The van der Waals surface area contributed by atoms with Gasteiger partial charge in [-0.1, -0.05) is 12.1 Å². The highest BCUT2D eigenvalue weighted by Crippen LogP contribution is 2.26. The van der Waals surface area contributed by atoms with E-state index in [1.807, 2.05) is 43.1 Å². The number of ether oxygens (including phenoxy) is 1. The van der Waals surface area contributed by atoms with Gasteiger partial charge in [0.1, 0.15) is 5.75 Å². The lowest BCUT2D eigenvalue weighted by atomic mass is 9.93. The number of likely N-dealkylation sites (tertiary alicyclic amines) is 1. The fourth-order valence-electron chi connectivity index (χ4n) is 2.83. The second-order valence-corrected chi connectivity index (χ2v) is 6.71. The van der Waals surface area contributed by atoms with Crippen LogP contribution in [0.3, 0.4) is 0 Å². The van der Waals surface area contributed by atoms with Gasteiger partial charge < -0.3 is 15.0 Å². The smallest absolute Gasteiger partial charge is 0.263 e. The molecule has 1 saturated heterocycles. The SMILES string of the molecule is CNCCC1CCN(C(=O)C(C)Oc2ccccc2Br)CC1.Cl. The number of nitrogens with zero attached hydrogens (tertiary/aromatic N) is 1. The first-order valence-electron chi connectivity index (χ1n) is 7.96. The van der Waals surface area contributed by atoms with Crippen LogP contribution >= 0.6 is 28.3 Å². The van der Waals surface area contributed by atoms with Crippen LogP contribution in [0, 0.1) is 5.92 Å². The maximum Gasteiger partial charge on any atom is 0.263 e. The van der Waals surface area contributed by atoms with Gasteiger partial charge in [-0.3, -0.25) is 4.79 Å². The maximum absolute atomic E-state index is 12.5. The van der Waals surface area contributed by atoms with E-state index in [-0.39, 0.29) is 18.3 Å². The summed E-state index contributed by atoms with van der Waals surface area (Å²) in [6, 6.07) is 7.63. The van der Waals surface area contributed by atoms with Crippen LogP contribution in [0.4, 0.5) is 0 Å². The number of para-hydroxylation sites is 1. The Morgan fingerprint density at radius 1 is 1.39 bits per heavy atom. The number of carbonyl (C=O) groups is 1. The van der Waals surface area contributed by atoms with Crippen molar-refractivity contribution in [3.8, 4) is 5.75 Å². The third kappa shape index (κ3) is 5.98. The van der Waals surface area contributed by atoms with Gasteiger partial charge in [-0.05, 0) is 73.8 Å². The van der Waals surface area contributed by atoms with Crippen molar-refractivity contribution < 1.29 is 9.53 Å². The van der Waals surface area contributed by atoms with Crippen LogP contribution in [0.25, 0.3) is 0 Å². The molecule has 1 fully saturated rings. The summed E-state index contributed by atoms with van der Waals surface area (Å²) in [6.07, 6.45) is 2.93. The van der Waals surface area contributed by atoms with Gasteiger partial charge in [0.25, 0.3) is 5.91 Å². The molecule has 23 heavy (non-hydrogen) atoms. The van der Waals surface area contributed by atoms with E-state index < -0.39 is 6.10 Å². The van der Waals surface area contributed by atoms with Crippen molar-refractivity contribution >= 4 is 34.2 Å². The molecule has 0 saturated carbocycles. The second kappa shape index (κ2) is 10.2. The lowest BCUT2D eigenvalue weighted by Crippen LogP contribution is -2.45. The number of hydrogen-bond donors (Lipinski definition) is 1. The first-order valence-corrected chi connectivity index (χ1v) is 8.75. The normalized spacial score (nSPS) is 16.6. The van der Waals surface area contributed by atoms with Crippen LogP contribution in [0.2, 0.25) is 0 Å². The Morgan fingerprint density at radius 2 is 2.04 bits per heavy atom. The molecule has 1 atom stereocenters. The Bertz CT molecular complexity index is 493. The number of nitrogens with one attached hydrogen (secondary N) is 1. The van der Waals surface area contributed by atoms with Crippen LogP contribution < -0.4 is 10.1 Å². The van der Waals surface area contributed by atoms with Crippen molar-refractivity contribution in [2.75, 3.05) is 26.7 Å². The van der Waals surface area contributed by atoms with Gasteiger partial charge in [-0.2, -0.15) is 0 Å². The fourth-order valence-corrected chi connectivity index (χ4v) is 3.21. The van der Waals surface area contributed by atoms with Crippen molar-refractivity contribution in [2.24, 2.45) is 5.92 Å². The Balaban J connectivity index is 0.00000264. The van der Waals surface area contributed by atoms with Gasteiger partial charge in [-0.15, -0.1) is 12.4 Å². The summed E-state index contributed by atoms with van der Waals surface area (Å²) in [6.45, 7) is 4.57. The maximum atomic E-state index is 12.5. The molecular weight excluding hydrogens is 380 g/mol. The molecule has 130 valence electrons. The molecule has 4 nitrogen and oxygen atoms in total. The molecule has 1 heterocycles. The number of carbonyl (C=O) groups excluding carboxylic acids is 1. The summed E-state index contributed by atoms with van der Waals surface area (Å²) in [5, 5.41) is 3.19. The Morgan fingerprint density at radius 3 is 2.65 bits per heavy atom. The number of hydrogen-bond acceptors (Lipinski definition) is 3. The third-order valence-electron chi connectivity index (χ3n) is 4.22. The van der Waals surface area contributed by atoms with E-state index in [0.29, 0.717) is 5.75 Å². The fraction of sp³-hybridized carbons (Fsp3) is 0.588. The molecule has 1 N–H and O–H groups in total. The van der Waals surface area contributed by atoms with Crippen LogP contribution in [0.1, 0.15) is 26.2 Å². The van der Waals surface area contributed by atoms with Crippen LogP contribution in [0.15, 0.2) is 28.7 Å². The van der Waals surface area contributed by atoms with E-state index in [2.05, 4.69) is 21.2 Å². The Hall–Kier alpha value is -0.780. The third-order valence-corrected chi connectivity index (χ3v) is 4.87. The standard InChI is InChI=1S/C17H25BrN2O2.ClH/c1-13(22-16-6-4-3-5-15(16)18)17(21)20-11-8-14(9-12-20)7-10-19-2;/h3-6,13-14,19H,7-12H2,1-2H3;1H. The lowest BCUT2D eigenvalue weighted by molar-refractivity contribution is -0.139. The zero-order valence-corrected chi connectivity index (χ0v) is 16.2. The van der Waals surface area contributed by atoms with Crippen molar-refractivity contribution in [1.82, 2.24) is 10.2 Å². The zero-order chi connectivity index (χ0) is 15.9. The molecule has 1 amide bonds. The molecule has 0 radical (unpaired) electrons. The van der Waals surface area contributed by atoms with E-state index in [0.717, 1.165) is 42.9 Å². The minimum absolute atomic E-state index is 0. The summed E-state index contributed by atoms with van der Waals surface area (Å²) < 4.78 is 6.68. The highest BCUT2D eigenvalue weighted by molar-refractivity contribution is 9.10. The summed E-state index contributed by atoms with van der Waals surface area (Å²) in [5.41, 5.74) is 0. The molecule has 1 unspecified atom stereocenters. The van der Waals surface area contributed by atoms with Gasteiger partial charge in [0.15, 0.2) is 6.10 Å². The summed E-state index contributed by atoms with van der Waals surface area (Å²) in [7, 11) is 1.99. The highest BCUT2D eigenvalue weighted by Gasteiger charge is 2.27. The molecule has 0 aromatic heterocycles. The van der Waals surface area contributed by atoms with E-state index in [1.54, 1.807) is 0 Å². The predicted molar refractivity (Wildman–Crippen MR) is 99.3 cm³/mol. The predicted octanol–water partition coefficient (Wildman–Crippen LogP) is 3.49.